The van der Waals surface area contributed by atoms with E-state index in [9.17, 15) is 0 Å². The predicted octanol–water partition coefficient (Wildman–Crippen LogP) is 3.74. The van der Waals surface area contributed by atoms with Gasteiger partial charge in [0.1, 0.15) is 5.65 Å². The maximum atomic E-state index is 4.65. The van der Waals surface area contributed by atoms with Crippen LogP contribution in [-0.2, 0) is 0 Å². The van der Waals surface area contributed by atoms with Crippen LogP contribution >= 0.6 is 0 Å². The lowest BCUT2D eigenvalue weighted by molar-refractivity contribution is 1.15. The Morgan fingerprint density at radius 3 is 2.58 bits per heavy atom. The minimum atomic E-state index is 0.922. The Morgan fingerprint density at radius 1 is 1.05 bits per heavy atom. The molecule has 0 aliphatic rings. The zero-order valence-corrected chi connectivity index (χ0v) is 11.2. The first-order valence-corrected chi connectivity index (χ1v) is 6.56. The molecule has 0 saturated carbocycles. The topological polar surface area (TPSA) is 29.3 Å². The van der Waals surface area contributed by atoms with Crippen molar-refractivity contribution in [2.75, 3.05) is 11.9 Å². The fourth-order valence-corrected chi connectivity index (χ4v) is 2.16. The molecule has 0 aliphatic heterocycles. The lowest BCUT2D eigenvalue weighted by atomic mass is 10.1. The van der Waals surface area contributed by atoms with Gasteiger partial charge in [0, 0.05) is 24.5 Å². The molecule has 96 valence electrons. The first kappa shape index (κ1) is 11.8. The van der Waals surface area contributed by atoms with Gasteiger partial charge < -0.3 is 9.72 Å². The van der Waals surface area contributed by atoms with Gasteiger partial charge in [0.25, 0.3) is 0 Å². The third-order valence-corrected chi connectivity index (χ3v) is 3.18. The molecule has 3 nitrogen and oxygen atoms in total. The molecule has 1 N–H and O–H groups in total. The van der Waals surface area contributed by atoms with Crippen LogP contribution < -0.4 is 5.32 Å². The highest BCUT2D eigenvalue weighted by Gasteiger charge is 2.04. The summed E-state index contributed by atoms with van der Waals surface area (Å²) in [6.45, 7) is 5.11. The van der Waals surface area contributed by atoms with Crippen molar-refractivity contribution in [1.29, 1.82) is 0 Å². The van der Waals surface area contributed by atoms with Crippen LogP contribution in [0.3, 0.4) is 0 Å². The fraction of sp³-hybridized carbons (Fsp3) is 0.188. The second-order valence-corrected chi connectivity index (χ2v) is 4.71. The Labute approximate surface area is 112 Å². The summed E-state index contributed by atoms with van der Waals surface area (Å²) < 4.78 is 2.06. The first-order valence-electron chi connectivity index (χ1n) is 6.56. The highest BCUT2D eigenvalue weighted by atomic mass is 15.0. The molecule has 0 spiro atoms. The van der Waals surface area contributed by atoms with Gasteiger partial charge in [0.05, 0.1) is 11.4 Å². The van der Waals surface area contributed by atoms with Gasteiger partial charge in [0.15, 0.2) is 0 Å². The van der Waals surface area contributed by atoms with Crippen molar-refractivity contribution in [2.24, 2.45) is 0 Å². The van der Waals surface area contributed by atoms with Crippen molar-refractivity contribution in [2.45, 2.75) is 13.8 Å². The second kappa shape index (κ2) is 4.76. The standard InChI is InChI=1S/C16H17N3/c1-3-17-14-8-9-16-18-15(11-19(16)10-14)13-6-4-12(2)5-7-13/h4-11,17H,3H2,1-2H3. The van der Waals surface area contributed by atoms with Crippen LogP contribution in [0.5, 0.6) is 0 Å². The number of hydrogen-bond donors (Lipinski definition) is 1. The van der Waals surface area contributed by atoms with E-state index in [0.29, 0.717) is 0 Å². The zero-order valence-electron chi connectivity index (χ0n) is 11.2. The number of nitrogens with zero attached hydrogens (tertiary/aromatic N) is 2. The molecule has 0 radical (unpaired) electrons. The van der Waals surface area contributed by atoms with E-state index in [0.717, 1.165) is 29.1 Å². The molecule has 0 aliphatic carbocycles. The van der Waals surface area contributed by atoms with E-state index in [2.05, 4.69) is 71.3 Å². The van der Waals surface area contributed by atoms with Crippen LogP contribution in [0.15, 0.2) is 48.8 Å². The van der Waals surface area contributed by atoms with Gasteiger partial charge in [-0.05, 0) is 26.0 Å². The molecule has 2 heterocycles. The van der Waals surface area contributed by atoms with Crippen molar-refractivity contribution in [3.8, 4) is 11.3 Å². The minimum Gasteiger partial charge on any atom is -0.384 e. The van der Waals surface area contributed by atoms with Crippen LogP contribution in [0.2, 0.25) is 0 Å². The van der Waals surface area contributed by atoms with Crippen LogP contribution in [0.1, 0.15) is 12.5 Å². The van der Waals surface area contributed by atoms with Gasteiger partial charge in [0.2, 0.25) is 0 Å². The smallest absolute Gasteiger partial charge is 0.137 e. The van der Waals surface area contributed by atoms with Gasteiger partial charge in [-0.15, -0.1) is 0 Å². The van der Waals surface area contributed by atoms with Crippen molar-refractivity contribution in [3.05, 3.63) is 54.4 Å². The number of imidazole rings is 1. The number of rotatable bonds is 3. The molecular weight excluding hydrogens is 234 g/mol. The summed E-state index contributed by atoms with van der Waals surface area (Å²) in [5.41, 5.74) is 5.51. The number of aromatic nitrogens is 2. The highest BCUT2D eigenvalue weighted by Crippen LogP contribution is 2.20. The Hall–Kier alpha value is -2.29. The molecule has 19 heavy (non-hydrogen) atoms. The Balaban J connectivity index is 2.03. The first-order chi connectivity index (χ1) is 9.26. The van der Waals surface area contributed by atoms with E-state index in [-0.39, 0.29) is 0 Å². The van der Waals surface area contributed by atoms with Crippen LogP contribution in [-0.4, -0.2) is 15.9 Å². The minimum absolute atomic E-state index is 0.922. The number of nitrogens with one attached hydrogen (secondary N) is 1. The number of benzene rings is 1. The molecule has 0 fully saturated rings. The molecular formula is C16H17N3. The molecule has 0 saturated heterocycles. The lowest BCUT2D eigenvalue weighted by Crippen LogP contribution is -1.97. The molecule has 3 rings (SSSR count). The molecule has 3 aromatic rings. The molecule has 0 atom stereocenters. The monoisotopic (exact) mass is 251 g/mol. The summed E-state index contributed by atoms with van der Waals surface area (Å²) in [6.07, 6.45) is 4.14. The van der Waals surface area contributed by atoms with Crippen molar-refractivity contribution < 1.29 is 0 Å². The summed E-state index contributed by atoms with van der Waals surface area (Å²) in [7, 11) is 0. The van der Waals surface area contributed by atoms with E-state index in [1.165, 1.54) is 5.56 Å². The number of anilines is 1. The highest BCUT2D eigenvalue weighted by molar-refractivity contribution is 5.64. The molecule has 0 unspecified atom stereocenters. The van der Waals surface area contributed by atoms with Gasteiger partial charge in [-0.25, -0.2) is 4.98 Å². The Kier molecular flexibility index (Phi) is 2.95. The quantitative estimate of drug-likeness (QED) is 0.768. The predicted molar refractivity (Wildman–Crippen MR) is 79.5 cm³/mol. The van der Waals surface area contributed by atoms with E-state index in [1.807, 2.05) is 6.07 Å². The van der Waals surface area contributed by atoms with E-state index < -0.39 is 0 Å². The van der Waals surface area contributed by atoms with Gasteiger partial charge >= 0.3 is 0 Å². The average Bonchev–Trinajstić information content (AvgIpc) is 2.83. The van der Waals surface area contributed by atoms with E-state index in [4.69, 9.17) is 0 Å². The number of fused-ring (bicyclic) bond motifs is 1. The number of pyridine rings is 1. The van der Waals surface area contributed by atoms with Crippen molar-refractivity contribution in [1.82, 2.24) is 9.38 Å². The van der Waals surface area contributed by atoms with E-state index in [1.54, 1.807) is 0 Å². The van der Waals surface area contributed by atoms with Gasteiger partial charge in [-0.1, -0.05) is 29.8 Å². The SMILES string of the molecule is CCNc1ccc2nc(-c3ccc(C)cc3)cn2c1. The van der Waals surface area contributed by atoms with Gasteiger partial charge in [-0.3, -0.25) is 0 Å². The van der Waals surface area contributed by atoms with E-state index >= 15 is 0 Å². The number of aryl methyl sites for hydroxylation is 1. The van der Waals surface area contributed by atoms with Crippen LogP contribution in [0, 0.1) is 6.92 Å². The second-order valence-electron chi connectivity index (χ2n) is 4.71. The third-order valence-electron chi connectivity index (χ3n) is 3.18. The van der Waals surface area contributed by atoms with Crippen molar-refractivity contribution >= 4 is 11.3 Å². The Bertz CT molecular complexity index is 696. The lowest BCUT2D eigenvalue weighted by Gasteiger charge is -2.02. The van der Waals surface area contributed by atoms with Crippen LogP contribution in [0.4, 0.5) is 5.69 Å². The number of hydrogen-bond acceptors (Lipinski definition) is 2. The maximum Gasteiger partial charge on any atom is 0.137 e. The summed E-state index contributed by atoms with van der Waals surface area (Å²) in [5.74, 6) is 0. The zero-order chi connectivity index (χ0) is 13.2. The molecule has 1 aromatic carbocycles. The fourth-order valence-electron chi connectivity index (χ4n) is 2.16. The Morgan fingerprint density at radius 2 is 1.84 bits per heavy atom. The van der Waals surface area contributed by atoms with Crippen molar-refractivity contribution in [3.63, 3.8) is 0 Å². The summed E-state index contributed by atoms with van der Waals surface area (Å²) in [6, 6.07) is 12.6. The molecule has 0 bridgehead atoms. The average molecular weight is 251 g/mol. The molecule has 3 heteroatoms. The molecule has 0 amide bonds. The summed E-state index contributed by atoms with van der Waals surface area (Å²) in [5, 5.41) is 3.31. The van der Waals surface area contributed by atoms with Crippen LogP contribution in [0.25, 0.3) is 16.9 Å². The molecule has 2 aromatic heterocycles. The van der Waals surface area contributed by atoms with Gasteiger partial charge in [-0.2, -0.15) is 0 Å². The third kappa shape index (κ3) is 2.32. The summed E-state index contributed by atoms with van der Waals surface area (Å²) >= 11 is 0. The largest absolute Gasteiger partial charge is 0.384 e. The summed E-state index contributed by atoms with van der Waals surface area (Å²) in [4.78, 5) is 4.65. The maximum absolute atomic E-state index is 4.65. The normalized spacial score (nSPS) is 10.8.